The van der Waals surface area contributed by atoms with Crippen LogP contribution in [0.2, 0.25) is 0 Å². The fraction of sp³-hybridized carbons (Fsp3) is 0.444. The van der Waals surface area contributed by atoms with Crippen molar-refractivity contribution in [1.82, 2.24) is 24.4 Å². The van der Waals surface area contributed by atoms with Gasteiger partial charge in [-0.05, 0) is 30.4 Å². The van der Waals surface area contributed by atoms with Crippen LogP contribution in [-0.2, 0) is 11.3 Å². The van der Waals surface area contributed by atoms with E-state index in [1.807, 2.05) is 6.20 Å². The highest BCUT2D eigenvalue weighted by Gasteiger charge is 2.26. The molecule has 1 saturated carbocycles. The van der Waals surface area contributed by atoms with Crippen molar-refractivity contribution in [2.45, 2.75) is 25.3 Å². The van der Waals surface area contributed by atoms with Crippen molar-refractivity contribution in [1.29, 1.82) is 0 Å². The molecule has 4 heterocycles. The Morgan fingerprint density at radius 1 is 1.22 bits per heavy atom. The number of morpholine rings is 1. The van der Waals surface area contributed by atoms with Gasteiger partial charge >= 0.3 is 5.97 Å². The number of hydrogen-bond donors (Lipinski definition) is 1. The first-order valence-electron chi connectivity index (χ1n) is 9.15. The number of hydrogen-bond acceptors (Lipinski definition) is 6. The SMILES string of the molecule is O=C(O)c1cn(Cc2cn3cc(C4CC4)cc(N4CCOCC4)c3n2)nn1. The van der Waals surface area contributed by atoms with Gasteiger partial charge in [-0.3, -0.25) is 0 Å². The molecule has 1 saturated heterocycles. The van der Waals surface area contributed by atoms with Crippen LogP contribution in [0.25, 0.3) is 5.65 Å². The molecule has 2 fully saturated rings. The molecular formula is C18H20N6O3. The minimum atomic E-state index is -1.08. The number of nitrogens with zero attached hydrogens (tertiary/aromatic N) is 6. The predicted molar refractivity (Wildman–Crippen MR) is 96.3 cm³/mol. The van der Waals surface area contributed by atoms with Gasteiger partial charge in [0.25, 0.3) is 0 Å². The van der Waals surface area contributed by atoms with E-state index in [4.69, 9.17) is 14.8 Å². The molecule has 140 valence electrons. The molecule has 0 aromatic carbocycles. The fourth-order valence-corrected chi connectivity index (χ4v) is 3.55. The van der Waals surface area contributed by atoms with Crippen LogP contribution in [0.4, 0.5) is 5.69 Å². The molecule has 0 bridgehead atoms. The van der Waals surface area contributed by atoms with Crippen molar-refractivity contribution in [2.75, 3.05) is 31.2 Å². The Balaban J connectivity index is 1.51. The maximum absolute atomic E-state index is 11.0. The summed E-state index contributed by atoms with van der Waals surface area (Å²) in [6.07, 6.45) is 8.06. The molecule has 0 spiro atoms. The molecule has 0 amide bonds. The van der Waals surface area contributed by atoms with E-state index in [9.17, 15) is 4.79 Å². The molecule has 1 aliphatic heterocycles. The van der Waals surface area contributed by atoms with Crippen LogP contribution < -0.4 is 4.90 Å². The van der Waals surface area contributed by atoms with Gasteiger partial charge in [0.1, 0.15) is 0 Å². The molecule has 27 heavy (non-hydrogen) atoms. The average molecular weight is 368 g/mol. The number of ether oxygens (including phenoxy) is 1. The summed E-state index contributed by atoms with van der Waals surface area (Å²) in [6.45, 7) is 3.55. The van der Waals surface area contributed by atoms with E-state index in [-0.39, 0.29) is 5.69 Å². The zero-order chi connectivity index (χ0) is 18.4. The summed E-state index contributed by atoms with van der Waals surface area (Å²) in [7, 11) is 0. The number of rotatable bonds is 5. The van der Waals surface area contributed by atoms with Crippen LogP contribution in [0.15, 0.2) is 24.7 Å². The van der Waals surface area contributed by atoms with Crippen molar-refractivity contribution in [3.63, 3.8) is 0 Å². The summed E-state index contributed by atoms with van der Waals surface area (Å²) in [6, 6.07) is 2.27. The van der Waals surface area contributed by atoms with Crippen molar-refractivity contribution in [3.05, 3.63) is 41.6 Å². The molecule has 1 aliphatic carbocycles. The third-order valence-electron chi connectivity index (χ3n) is 5.09. The Labute approximate surface area is 155 Å². The topological polar surface area (TPSA) is 97.8 Å². The summed E-state index contributed by atoms with van der Waals surface area (Å²) >= 11 is 0. The Hall–Kier alpha value is -2.94. The zero-order valence-electron chi connectivity index (χ0n) is 14.8. The Kier molecular flexibility index (Phi) is 3.82. The summed E-state index contributed by atoms with van der Waals surface area (Å²) < 4.78 is 9.08. The molecule has 5 rings (SSSR count). The van der Waals surface area contributed by atoms with Gasteiger partial charge in [-0.1, -0.05) is 5.21 Å². The number of fused-ring (bicyclic) bond motifs is 1. The minimum Gasteiger partial charge on any atom is -0.476 e. The molecule has 3 aromatic heterocycles. The number of carbonyl (C=O) groups is 1. The monoisotopic (exact) mass is 368 g/mol. The van der Waals surface area contributed by atoms with Crippen LogP contribution in [0.3, 0.4) is 0 Å². The second kappa shape index (κ2) is 6.34. The number of aromatic carboxylic acids is 1. The lowest BCUT2D eigenvalue weighted by atomic mass is 10.1. The first-order valence-corrected chi connectivity index (χ1v) is 9.15. The first-order chi connectivity index (χ1) is 13.2. The van der Waals surface area contributed by atoms with Crippen LogP contribution in [0, 0.1) is 0 Å². The van der Waals surface area contributed by atoms with Gasteiger partial charge in [0.2, 0.25) is 0 Å². The zero-order valence-corrected chi connectivity index (χ0v) is 14.8. The number of pyridine rings is 1. The molecule has 0 radical (unpaired) electrons. The van der Waals surface area contributed by atoms with E-state index in [0.29, 0.717) is 12.5 Å². The molecule has 9 nitrogen and oxygen atoms in total. The largest absolute Gasteiger partial charge is 0.476 e. The van der Waals surface area contributed by atoms with Gasteiger partial charge in [-0.2, -0.15) is 0 Å². The van der Waals surface area contributed by atoms with Crippen LogP contribution in [-0.4, -0.2) is 61.8 Å². The first kappa shape index (κ1) is 16.2. The average Bonchev–Trinajstić information content (AvgIpc) is 3.28. The maximum atomic E-state index is 11.0. The van der Waals surface area contributed by atoms with E-state index < -0.39 is 5.97 Å². The number of carboxylic acid groups (broad SMARTS) is 1. The quantitative estimate of drug-likeness (QED) is 0.727. The van der Waals surface area contributed by atoms with Crippen molar-refractivity contribution in [3.8, 4) is 0 Å². The van der Waals surface area contributed by atoms with E-state index in [1.54, 1.807) is 0 Å². The second-order valence-electron chi connectivity index (χ2n) is 7.10. The lowest BCUT2D eigenvalue weighted by molar-refractivity contribution is 0.0690. The molecule has 3 aromatic rings. The Morgan fingerprint density at radius 3 is 2.74 bits per heavy atom. The lowest BCUT2D eigenvalue weighted by Crippen LogP contribution is -2.36. The van der Waals surface area contributed by atoms with Gasteiger partial charge in [-0.15, -0.1) is 5.10 Å². The van der Waals surface area contributed by atoms with Gasteiger partial charge in [0.15, 0.2) is 11.3 Å². The van der Waals surface area contributed by atoms with Gasteiger partial charge in [-0.25, -0.2) is 14.5 Å². The van der Waals surface area contributed by atoms with Crippen LogP contribution in [0.5, 0.6) is 0 Å². The minimum absolute atomic E-state index is 0.0659. The summed E-state index contributed by atoms with van der Waals surface area (Å²) in [5, 5.41) is 16.5. The molecule has 2 aliphatic rings. The molecule has 0 atom stereocenters. The van der Waals surface area contributed by atoms with Crippen molar-refractivity contribution >= 4 is 17.3 Å². The van der Waals surface area contributed by atoms with E-state index >= 15 is 0 Å². The van der Waals surface area contributed by atoms with Crippen LogP contribution in [0.1, 0.15) is 40.5 Å². The summed E-state index contributed by atoms with van der Waals surface area (Å²) in [5.41, 5.74) is 4.15. The fourth-order valence-electron chi connectivity index (χ4n) is 3.55. The summed E-state index contributed by atoms with van der Waals surface area (Å²) in [5.74, 6) is -0.437. The van der Waals surface area contributed by atoms with Crippen LogP contribution >= 0.6 is 0 Å². The molecule has 0 unspecified atom stereocenters. The molecule has 1 N–H and O–H groups in total. The maximum Gasteiger partial charge on any atom is 0.358 e. The van der Waals surface area contributed by atoms with Crippen molar-refractivity contribution in [2.24, 2.45) is 0 Å². The predicted octanol–water partition coefficient (Wildman–Crippen LogP) is 1.39. The smallest absolute Gasteiger partial charge is 0.358 e. The highest BCUT2D eigenvalue weighted by atomic mass is 16.5. The van der Waals surface area contributed by atoms with E-state index in [0.717, 1.165) is 43.3 Å². The lowest BCUT2D eigenvalue weighted by Gasteiger charge is -2.29. The van der Waals surface area contributed by atoms with E-state index in [1.165, 1.54) is 29.3 Å². The standard InChI is InChI=1S/C18H20N6O3/c25-18(26)15-11-24(21-20-15)10-14-9-23-8-13(12-1-2-12)7-16(17(23)19-14)22-3-5-27-6-4-22/h7-9,11-12H,1-6,10H2,(H,25,26). The summed E-state index contributed by atoms with van der Waals surface area (Å²) in [4.78, 5) is 18.1. The van der Waals surface area contributed by atoms with E-state index in [2.05, 4.69) is 31.9 Å². The molecular weight excluding hydrogens is 348 g/mol. The number of aromatic nitrogens is 5. The number of anilines is 1. The normalized spacial score (nSPS) is 17.6. The Morgan fingerprint density at radius 2 is 2.04 bits per heavy atom. The number of imidazole rings is 1. The highest BCUT2D eigenvalue weighted by Crippen LogP contribution is 2.41. The van der Waals surface area contributed by atoms with Gasteiger partial charge in [0.05, 0.1) is 37.3 Å². The van der Waals surface area contributed by atoms with Crippen molar-refractivity contribution < 1.29 is 14.6 Å². The van der Waals surface area contributed by atoms with Gasteiger partial charge < -0.3 is 19.1 Å². The second-order valence-corrected chi connectivity index (χ2v) is 7.10. The van der Waals surface area contributed by atoms with Gasteiger partial charge in [0, 0.05) is 25.5 Å². The highest BCUT2D eigenvalue weighted by molar-refractivity contribution is 5.84. The third-order valence-corrected chi connectivity index (χ3v) is 5.09. The molecule has 9 heteroatoms. The Bertz CT molecular complexity index is 1000. The number of carboxylic acids is 1. The third kappa shape index (κ3) is 3.14.